The SMILES string of the molecule is CCOC(=O)c1cn(NC2c3ccccc3COc3ccccc32)c(C(=O)OCC)c(O)c1=O. The highest BCUT2D eigenvalue weighted by atomic mass is 16.5. The summed E-state index contributed by atoms with van der Waals surface area (Å²) in [4.78, 5) is 37.8. The predicted octanol–water partition coefficient (Wildman–Crippen LogP) is 3.13. The van der Waals surface area contributed by atoms with Crippen LogP contribution < -0.4 is 15.6 Å². The van der Waals surface area contributed by atoms with Crippen molar-refractivity contribution in [3.05, 3.63) is 92.9 Å². The molecule has 2 heterocycles. The number of hydrogen-bond donors (Lipinski definition) is 2. The van der Waals surface area contributed by atoms with Crippen LogP contribution in [0.25, 0.3) is 0 Å². The Morgan fingerprint density at radius 1 is 1.03 bits per heavy atom. The number of carbonyl (C=O) groups excluding carboxylic acids is 2. The summed E-state index contributed by atoms with van der Waals surface area (Å²) in [6.07, 6.45) is 1.14. The number of aromatic hydroxyl groups is 1. The van der Waals surface area contributed by atoms with Crippen LogP contribution in [0, 0.1) is 0 Å². The van der Waals surface area contributed by atoms with Gasteiger partial charge in [-0.2, -0.15) is 0 Å². The van der Waals surface area contributed by atoms with Crippen LogP contribution in [-0.2, 0) is 16.1 Å². The van der Waals surface area contributed by atoms with Gasteiger partial charge in [0, 0.05) is 11.8 Å². The van der Waals surface area contributed by atoms with Crippen LogP contribution in [0.1, 0.15) is 57.4 Å². The largest absolute Gasteiger partial charge is 0.502 e. The van der Waals surface area contributed by atoms with Crippen LogP contribution in [0.2, 0.25) is 0 Å². The Morgan fingerprint density at radius 2 is 1.68 bits per heavy atom. The number of aromatic nitrogens is 1. The number of rotatable bonds is 6. The number of para-hydroxylation sites is 1. The molecular weight excluding hydrogens is 440 g/mol. The number of ether oxygens (including phenoxy) is 3. The molecule has 0 radical (unpaired) electrons. The van der Waals surface area contributed by atoms with Gasteiger partial charge in [0.25, 0.3) is 0 Å². The van der Waals surface area contributed by atoms with Gasteiger partial charge >= 0.3 is 11.9 Å². The van der Waals surface area contributed by atoms with Crippen LogP contribution in [0.15, 0.2) is 59.5 Å². The van der Waals surface area contributed by atoms with Crippen molar-refractivity contribution in [2.45, 2.75) is 26.5 Å². The Hall–Kier alpha value is -4.27. The maximum absolute atomic E-state index is 12.7. The monoisotopic (exact) mass is 464 g/mol. The van der Waals surface area contributed by atoms with Crippen molar-refractivity contribution in [2.24, 2.45) is 0 Å². The minimum atomic E-state index is -1.02. The normalized spacial score (nSPS) is 14.1. The molecular formula is C25H24N2O7. The summed E-state index contributed by atoms with van der Waals surface area (Å²) in [5.74, 6) is -2.13. The minimum Gasteiger partial charge on any atom is -0.502 e. The lowest BCUT2D eigenvalue weighted by molar-refractivity contribution is 0.0495. The fourth-order valence-corrected chi connectivity index (χ4v) is 3.85. The Balaban J connectivity index is 1.92. The molecule has 2 aromatic carbocycles. The van der Waals surface area contributed by atoms with Gasteiger partial charge in [-0.15, -0.1) is 0 Å². The van der Waals surface area contributed by atoms with Gasteiger partial charge in [0.05, 0.1) is 19.3 Å². The molecule has 1 aliphatic rings. The third kappa shape index (κ3) is 4.19. The predicted molar refractivity (Wildman–Crippen MR) is 123 cm³/mol. The number of benzene rings is 2. The first-order valence-electron chi connectivity index (χ1n) is 10.8. The first kappa shape index (κ1) is 22.9. The second-order valence-corrected chi connectivity index (χ2v) is 7.47. The highest BCUT2D eigenvalue weighted by Gasteiger charge is 2.30. The molecule has 1 unspecified atom stereocenters. The highest BCUT2D eigenvalue weighted by molar-refractivity contribution is 5.94. The molecule has 9 nitrogen and oxygen atoms in total. The Morgan fingerprint density at radius 3 is 2.41 bits per heavy atom. The molecule has 1 aromatic heterocycles. The molecule has 1 atom stereocenters. The molecule has 1 aliphatic heterocycles. The number of pyridine rings is 1. The van der Waals surface area contributed by atoms with E-state index in [-0.39, 0.29) is 13.2 Å². The molecule has 0 amide bonds. The fourth-order valence-electron chi connectivity index (χ4n) is 3.85. The lowest BCUT2D eigenvalue weighted by atomic mass is 9.95. The first-order chi connectivity index (χ1) is 16.5. The van der Waals surface area contributed by atoms with E-state index in [1.807, 2.05) is 48.5 Å². The van der Waals surface area contributed by atoms with Gasteiger partial charge in [0.1, 0.15) is 17.9 Å². The van der Waals surface area contributed by atoms with Gasteiger partial charge in [-0.05, 0) is 31.0 Å². The van der Waals surface area contributed by atoms with Crippen molar-refractivity contribution in [1.82, 2.24) is 4.68 Å². The molecule has 0 saturated carbocycles. The van der Waals surface area contributed by atoms with Gasteiger partial charge in [-0.25, -0.2) is 9.59 Å². The van der Waals surface area contributed by atoms with Crippen molar-refractivity contribution in [1.29, 1.82) is 0 Å². The lowest BCUT2D eigenvalue weighted by Gasteiger charge is -2.25. The molecule has 34 heavy (non-hydrogen) atoms. The number of nitrogens with zero attached hydrogens (tertiary/aromatic N) is 1. The smallest absolute Gasteiger partial charge is 0.360 e. The average Bonchev–Trinajstić information content (AvgIpc) is 2.99. The minimum absolute atomic E-state index is 0.0228. The van der Waals surface area contributed by atoms with Crippen LogP contribution >= 0.6 is 0 Å². The molecule has 0 aliphatic carbocycles. The second kappa shape index (κ2) is 9.70. The third-order valence-electron chi connectivity index (χ3n) is 5.39. The Bertz CT molecular complexity index is 1250. The molecule has 2 N–H and O–H groups in total. The summed E-state index contributed by atoms with van der Waals surface area (Å²) in [6.45, 7) is 3.59. The number of fused-ring (bicyclic) bond motifs is 2. The zero-order valence-corrected chi connectivity index (χ0v) is 18.7. The molecule has 0 bridgehead atoms. The third-order valence-corrected chi connectivity index (χ3v) is 5.39. The summed E-state index contributed by atoms with van der Waals surface area (Å²) < 4.78 is 17.2. The highest BCUT2D eigenvalue weighted by Crippen LogP contribution is 2.36. The average molecular weight is 464 g/mol. The Labute approximate surface area is 195 Å². The van der Waals surface area contributed by atoms with E-state index in [1.165, 1.54) is 0 Å². The van der Waals surface area contributed by atoms with E-state index in [0.29, 0.717) is 12.4 Å². The van der Waals surface area contributed by atoms with E-state index in [1.54, 1.807) is 13.8 Å². The Kier molecular flexibility index (Phi) is 6.53. The fraction of sp³-hybridized carbons (Fsp3) is 0.240. The van der Waals surface area contributed by atoms with Crippen molar-refractivity contribution in [2.75, 3.05) is 18.6 Å². The molecule has 9 heteroatoms. The number of nitrogens with one attached hydrogen (secondary N) is 1. The van der Waals surface area contributed by atoms with Crippen LogP contribution in [-0.4, -0.2) is 34.9 Å². The van der Waals surface area contributed by atoms with Crippen LogP contribution in [0.5, 0.6) is 11.5 Å². The van der Waals surface area contributed by atoms with Gasteiger partial charge < -0.3 is 24.7 Å². The van der Waals surface area contributed by atoms with Gasteiger partial charge in [-0.3, -0.25) is 9.47 Å². The molecule has 0 fully saturated rings. The zero-order chi connectivity index (χ0) is 24.2. The van der Waals surface area contributed by atoms with Crippen LogP contribution in [0.3, 0.4) is 0 Å². The first-order valence-corrected chi connectivity index (χ1v) is 10.8. The van der Waals surface area contributed by atoms with Crippen molar-refractivity contribution < 1.29 is 28.9 Å². The van der Waals surface area contributed by atoms with E-state index < -0.39 is 40.4 Å². The van der Waals surface area contributed by atoms with Crippen molar-refractivity contribution >= 4 is 11.9 Å². The molecule has 3 aromatic rings. The van der Waals surface area contributed by atoms with E-state index in [0.717, 1.165) is 27.6 Å². The van der Waals surface area contributed by atoms with Crippen molar-refractivity contribution in [3.8, 4) is 11.5 Å². The topological polar surface area (TPSA) is 116 Å². The summed E-state index contributed by atoms with van der Waals surface area (Å²) in [7, 11) is 0. The summed E-state index contributed by atoms with van der Waals surface area (Å²) in [5.41, 5.74) is 3.83. The number of esters is 2. The van der Waals surface area contributed by atoms with Gasteiger partial charge in [0.15, 0.2) is 11.4 Å². The number of hydrogen-bond acceptors (Lipinski definition) is 8. The van der Waals surface area contributed by atoms with Crippen molar-refractivity contribution in [3.63, 3.8) is 0 Å². The maximum atomic E-state index is 12.7. The molecule has 0 spiro atoms. The second-order valence-electron chi connectivity index (χ2n) is 7.47. The summed E-state index contributed by atoms with van der Waals surface area (Å²) in [5, 5.41) is 10.6. The standard InChI is InChI=1S/C25H24N2O7/c1-3-32-24(30)18-13-27(21(23(29)22(18)28)25(31)33-4-2)26-20-16-10-6-5-9-15(16)14-34-19-12-8-7-11-17(19)20/h5-13,20,26,29H,3-4,14H2,1-2H3. The van der Waals surface area contributed by atoms with Gasteiger partial charge in [0.2, 0.25) is 5.43 Å². The van der Waals surface area contributed by atoms with Crippen LogP contribution in [0.4, 0.5) is 0 Å². The maximum Gasteiger partial charge on any atom is 0.360 e. The molecule has 4 rings (SSSR count). The number of carbonyl (C=O) groups is 2. The summed E-state index contributed by atoms with van der Waals surface area (Å²) >= 11 is 0. The van der Waals surface area contributed by atoms with E-state index >= 15 is 0 Å². The quantitative estimate of drug-likeness (QED) is 0.535. The molecule has 176 valence electrons. The molecule has 0 saturated heterocycles. The summed E-state index contributed by atoms with van der Waals surface area (Å²) in [6, 6.07) is 14.4. The van der Waals surface area contributed by atoms with Gasteiger partial charge in [-0.1, -0.05) is 42.5 Å². The van der Waals surface area contributed by atoms with E-state index in [2.05, 4.69) is 5.43 Å². The zero-order valence-electron chi connectivity index (χ0n) is 18.7. The lowest BCUT2D eigenvalue weighted by Crippen LogP contribution is -2.32. The van der Waals surface area contributed by atoms with E-state index in [4.69, 9.17) is 14.2 Å². The van der Waals surface area contributed by atoms with E-state index in [9.17, 15) is 19.5 Å².